The molecule has 0 aromatic rings. The molecular weight excluding hydrogens is 170 g/mol. The number of ether oxygens (including phenoxy) is 2. The lowest BCUT2D eigenvalue weighted by Gasteiger charge is -2.12. The third-order valence-corrected chi connectivity index (χ3v) is 1.82. The van der Waals surface area contributed by atoms with Gasteiger partial charge < -0.3 is 14.8 Å². The van der Waals surface area contributed by atoms with Crippen LogP contribution in [0.15, 0.2) is 0 Å². The summed E-state index contributed by atoms with van der Waals surface area (Å²) in [7, 11) is 0. The Balaban J connectivity index is 2.09. The van der Waals surface area contributed by atoms with Gasteiger partial charge in [0, 0.05) is 13.0 Å². The molecule has 4 heteroatoms. The van der Waals surface area contributed by atoms with Crippen LogP contribution in [0.4, 0.5) is 4.79 Å². The summed E-state index contributed by atoms with van der Waals surface area (Å²) in [6.45, 7) is 5.97. The standard InChI is InChI=1S/C9H17NO3/c1-7(2)5-10-9(11)13-8-3-4-12-6-8/h7-8H,3-6H2,1-2H3,(H,10,11). The lowest BCUT2D eigenvalue weighted by atomic mass is 10.2. The van der Waals surface area contributed by atoms with Gasteiger partial charge in [-0.1, -0.05) is 13.8 Å². The topological polar surface area (TPSA) is 47.6 Å². The van der Waals surface area contributed by atoms with Crippen molar-refractivity contribution in [3.63, 3.8) is 0 Å². The van der Waals surface area contributed by atoms with Crippen molar-refractivity contribution in [2.24, 2.45) is 5.92 Å². The van der Waals surface area contributed by atoms with Gasteiger partial charge in [-0.2, -0.15) is 0 Å². The van der Waals surface area contributed by atoms with E-state index in [9.17, 15) is 4.79 Å². The van der Waals surface area contributed by atoms with Gasteiger partial charge in [0.05, 0.1) is 13.2 Å². The first kappa shape index (κ1) is 10.3. The molecule has 1 heterocycles. The largest absolute Gasteiger partial charge is 0.444 e. The molecule has 0 aromatic heterocycles. The highest BCUT2D eigenvalue weighted by Crippen LogP contribution is 2.07. The predicted octanol–water partition coefficient (Wildman–Crippen LogP) is 1.16. The van der Waals surface area contributed by atoms with E-state index in [0.29, 0.717) is 25.7 Å². The van der Waals surface area contributed by atoms with E-state index in [1.165, 1.54) is 0 Å². The molecule has 1 rings (SSSR count). The van der Waals surface area contributed by atoms with Gasteiger partial charge in [-0.3, -0.25) is 0 Å². The first-order chi connectivity index (χ1) is 6.18. The number of amides is 1. The van der Waals surface area contributed by atoms with Crippen molar-refractivity contribution >= 4 is 6.09 Å². The second kappa shape index (κ2) is 5.07. The number of alkyl carbamates (subject to hydrolysis) is 1. The summed E-state index contributed by atoms with van der Waals surface area (Å²) in [5, 5.41) is 2.69. The van der Waals surface area contributed by atoms with Crippen molar-refractivity contribution in [2.75, 3.05) is 19.8 Å². The molecule has 4 nitrogen and oxygen atoms in total. The SMILES string of the molecule is CC(C)CNC(=O)OC1CCOC1. The quantitative estimate of drug-likeness (QED) is 0.721. The number of rotatable bonds is 3. The number of carbonyl (C=O) groups excluding carboxylic acids is 1. The number of hydrogen-bond donors (Lipinski definition) is 1. The zero-order chi connectivity index (χ0) is 9.68. The molecule has 1 atom stereocenters. The molecule has 0 spiro atoms. The molecule has 13 heavy (non-hydrogen) atoms. The molecule has 0 aliphatic carbocycles. The maximum Gasteiger partial charge on any atom is 0.407 e. The van der Waals surface area contributed by atoms with E-state index in [1.54, 1.807) is 0 Å². The fourth-order valence-corrected chi connectivity index (χ4v) is 1.09. The first-order valence-corrected chi connectivity index (χ1v) is 4.70. The molecule has 76 valence electrons. The first-order valence-electron chi connectivity index (χ1n) is 4.70. The van der Waals surface area contributed by atoms with Crippen molar-refractivity contribution in [1.29, 1.82) is 0 Å². The summed E-state index contributed by atoms with van der Waals surface area (Å²) < 4.78 is 10.2. The van der Waals surface area contributed by atoms with Gasteiger partial charge in [0.2, 0.25) is 0 Å². The monoisotopic (exact) mass is 187 g/mol. The van der Waals surface area contributed by atoms with E-state index in [0.717, 1.165) is 6.42 Å². The Kier molecular flexibility index (Phi) is 4.02. The Labute approximate surface area is 78.6 Å². The molecule has 1 unspecified atom stereocenters. The second-order valence-electron chi connectivity index (χ2n) is 3.67. The normalized spacial score (nSPS) is 21.9. The maximum absolute atomic E-state index is 11.1. The van der Waals surface area contributed by atoms with Crippen molar-refractivity contribution in [3.8, 4) is 0 Å². The molecule has 1 aliphatic heterocycles. The summed E-state index contributed by atoms with van der Waals surface area (Å²) in [4.78, 5) is 11.1. The Bertz CT molecular complexity index is 164. The molecule has 1 N–H and O–H groups in total. The molecule has 1 amide bonds. The Morgan fingerprint density at radius 1 is 1.69 bits per heavy atom. The molecule has 0 bridgehead atoms. The van der Waals surface area contributed by atoms with Crippen LogP contribution in [0.1, 0.15) is 20.3 Å². The van der Waals surface area contributed by atoms with Crippen LogP contribution in [-0.2, 0) is 9.47 Å². The Hall–Kier alpha value is -0.770. The number of hydrogen-bond acceptors (Lipinski definition) is 3. The van der Waals surface area contributed by atoms with Gasteiger partial charge in [0.15, 0.2) is 0 Å². The average molecular weight is 187 g/mol. The maximum atomic E-state index is 11.1. The third-order valence-electron chi connectivity index (χ3n) is 1.82. The van der Waals surface area contributed by atoms with E-state index in [1.807, 2.05) is 13.8 Å². The lowest BCUT2D eigenvalue weighted by Crippen LogP contribution is -2.31. The zero-order valence-corrected chi connectivity index (χ0v) is 8.21. The molecule has 0 radical (unpaired) electrons. The van der Waals surface area contributed by atoms with Crippen molar-refractivity contribution < 1.29 is 14.3 Å². The van der Waals surface area contributed by atoms with Crippen LogP contribution in [0, 0.1) is 5.92 Å². The fraction of sp³-hybridized carbons (Fsp3) is 0.889. The Morgan fingerprint density at radius 3 is 3.00 bits per heavy atom. The summed E-state index contributed by atoms with van der Waals surface area (Å²) in [6, 6.07) is 0. The fourth-order valence-electron chi connectivity index (χ4n) is 1.09. The lowest BCUT2D eigenvalue weighted by molar-refractivity contribution is 0.0826. The summed E-state index contributed by atoms with van der Waals surface area (Å²) in [6.07, 6.45) is 0.436. The van der Waals surface area contributed by atoms with E-state index < -0.39 is 0 Å². The minimum Gasteiger partial charge on any atom is -0.444 e. The van der Waals surface area contributed by atoms with E-state index in [4.69, 9.17) is 9.47 Å². The Morgan fingerprint density at radius 2 is 2.46 bits per heavy atom. The van der Waals surface area contributed by atoms with Gasteiger partial charge in [0.1, 0.15) is 6.10 Å². The molecular formula is C9H17NO3. The van der Waals surface area contributed by atoms with Gasteiger partial charge in [-0.05, 0) is 5.92 Å². The molecule has 1 aliphatic rings. The van der Waals surface area contributed by atoms with Crippen molar-refractivity contribution in [1.82, 2.24) is 5.32 Å². The molecule has 0 aromatic carbocycles. The van der Waals surface area contributed by atoms with Crippen molar-refractivity contribution in [2.45, 2.75) is 26.4 Å². The summed E-state index contributed by atoms with van der Waals surface area (Å²) in [5.41, 5.74) is 0. The second-order valence-corrected chi connectivity index (χ2v) is 3.67. The zero-order valence-electron chi connectivity index (χ0n) is 8.21. The van der Waals surface area contributed by atoms with Crippen LogP contribution in [0.5, 0.6) is 0 Å². The van der Waals surface area contributed by atoms with Gasteiger partial charge in [-0.15, -0.1) is 0 Å². The molecule has 0 saturated carbocycles. The van der Waals surface area contributed by atoms with Crippen LogP contribution < -0.4 is 5.32 Å². The van der Waals surface area contributed by atoms with Crippen molar-refractivity contribution in [3.05, 3.63) is 0 Å². The predicted molar refractivity (Wildman–Crippen MR) is 48.5 cm³/mol. The van der Waals surface area contributed by atoms with Crippen LogP contribution >= 0.6 is 0 Å². The third kappa shape index (κ3) is 4.12. The minimum absolute atomic E-state index is 0.0489. The van der Waals surface area contributed by atoms with Gasteiger partial charge >= 0.3 is 6.09 Å². The summed E-state index contributed by atoms with van der Waals surface area (Å²) >= 11 is 0. The number of nitrogens with one attached hydrogen (secondary N) is 1. The molecule has 1 saturated heterocycles. The highest BCUT2D eigenvalue weighted by molar-refractivity contribution is 5.67. The van der Waals surface area contributed by atoms with Crippen LogP contribution in [-0.4, -0.2) is 32.0 Å². The summed E-state index contributed by atoms with van der Waals surface area (Å²) in [5.74, 6) is 0.451. The van der Waals surface area contributed by atoms with E-state index in [-0.39, 0.29) is 12.2 Å². The van der Waals surface area contributed by atoms with E-state index in [2.05, 4.69) is 5.32 Å². The molecule has 1 fully saturated rings. The highest BCUT2D eigenvalue weighted by Gasteiger charge is 2.19. The van der Waals surface area contributed by atoms with Crippen LogP contribution in [0.25, 0.3) is 0 Å². The average Bonchev–Trinajstić information content (AvgIpc) is 2.53. The number of carbonyl (C=O) groups is 1. The van der Waals surface area contributed by atoms with Crippen LogP contribution in [0.2, 0.25) is 0 Å². The van der Waals surface area contributed by atoms with Gasteiger partial charge in [-0.25, -0.2) is 4.79 Å². The minimum atomic E-state index is -0.329. The smallest absolute Gasteiger partial charge is 0.407 e. The van der Waals surface area contributed by atoms with Crippen LogP contribution in [0.3, 0.4) is 0 Å². The van der Waals surface area contributed by atoms with E-state index >= 15 is 0 Å². The van der Waals surface area contributed by atoms with Gasteiger partial charge in [0.25, 0.3) is 0 Å². The highest BCUT2D eigenvalue weighted by atomic mass is 16.6.